The average molecular weight is 482 g/mol. The van der Waals surface area contributed by atoms with Crippen molar-refractivity contribution in [1.82, 2.24) is 9.47 Å². The topological polar surface area (TPSA) is 80.8 Å². The van der Waals surface area contributed by atoms with Crippen LogP contribution in [0.3, 0.4) is 0 Å². The zero-order valence-electron chi connectivity index (χ0n) is 20.8. The Balaban J connectivity index is 0.000000795. The Morgan fingerprint density at radius 3 is 2.54 bits per heavy atom. The number of aliphatic hydroxyl groups is 1. The monoisotopic (exact) mass is 481 g/mol. The number of halogens is 1. The van der Waals surface area contributed by atoms with Crippen LogP contribution in [-0.2, 0) is 17.7 Å². The first-order valence-electron chi connectivity index (χ1n) is 11.5. The fourth-order valence-corrected chi connectivity index (χ4v) is 4.47. The zero-order valence-corrected chi connectivity index (χ0v) is 20.8. The summed E-state index contributed by atoms with van der Waals surface area (Å²) in [4.78, 5) is 10.4. The number of benzene rings is 2. The first kappa shape index (κ1) is 26.0. The summed E-state index contributed by atoms with van der Waals surface area (Å²) in [6.45, 7) is 4.98. The molecule has 186 valence electrons. The van der Waals surface area contributed by atoms with E-state index >= 15 is 0 Å². The number of rotatable bonds is 6. The fraction of sp³-hybridized carbons (Fsp3) is 0.333. The maximum absolute atomic E-state index is 14.5. The summed E-state index contributed by atoms with van der Waals surface area (Å²) in [5, 5.41) is 20.7. The van der Waals surface area contributed by atoms with Crippen molar-refractivity contribution >= 4 is 16.5 Å². The van der Waals surface area contributed by atoms with Crippen molar-refractivity contribution in [3.8, 4) is 0 Å². The van der Waals surface area contributed by atoms with Crippen LogP contribution in [0.5, 0.6) is 0 Å². The lowest BCUT2D eigenvalue weighted by molar-refractivity contribution is -0.445. The number of hydrogen-bond donors (Lipinski definition) is 1. The normalized spacial score (nSPS) is 14.1. The molecule has 4 rings (SSSR count). The second-order valence-corrected chi connectivity index (χ2v) is 8.46. The van der Waals surface area contributed by atoms with Gasteiger partial charge in [-0.15, -0.1) is 0 Å². The Labute approximate surface area is 204 Å². The molecule has 3 aromatic rings. The largest absolute Gasteiger partial charge is 0.482 e. The highest BCUT2D eigenvalue weighted by atomic mass is 19.1. The molecular formula is C27H32FN3O4. The van der Waals surface area contributed by atoms with E-state index in [2.05, 4.69) is 37.3 Å². The molecule has 0 spiro atoms. The summed E-state index contributed by atoms with van der Waals surface area (Å²) in [6.07, 6.45) is 4.31. The number of aliphatic hydroxyl groups excluding tert-OH is 1. The third-order valence-corrected chi connectivity index (χ3v) is 5.96. The van der Waals surface area contributed by atoms with E-state index in [9.17, 15) is 9.50 Å². The van der Waals surface area contributed by atoms with Gasteiger partial charge in [0.05, 0.1) is 25.5 Å². The number of nitrogens with zero attached hydrogens (tertiary/aromatic N) is 3. The van der Waals surface area contributed by atoms with Crippen LogP contribution in [0, 0.1) is 15.9 Å². The molecule has 1 aliphatic rings. The molecule has 1 aromatic heterocycles. The molecule has 0 fully saturated rings. The lowest BCUT2D eigenvalue weighted by Gasteiger charge is -2.26. The molecule has 0 aliphatic carbocycles. The second kappa shape index (κ2) is 11.2. The molecule has 1 unspecified atom stereocenters. The van der Waals surface area contributed by atoms with Gasteiger partial charge < -0.3 is 19.3 Å². The average Bonchev–Trinajstić information content (AvgIpc) is 3.13. The molecule has 2 aromatic carbocycles. The number of aryl methyl sites for hydroxylation is 1. The summed E-state index contributed by atoms with van der Waals surface area (Å²) in [5.74, 6) is 0.512. The molecule has 0 saturated carbocycles. The zero-order chi connectivity index (χ0) is 25.7. The molecule has 8 heteroatoms. The Bertz CT molecular complexity index is 1270. The first-order valence-corrected chi connectivity index (χ1v) is 11.5. The van der Waals surface area contributed by atoms with Crippen LogP contribution in [0.2, 0.25) is 0 Å². The Morgan fingerprint density at radius 2 is 1.94 bits per heavy atom. The van der Waals surface area contributed by atoms with Gasteiger partial charge in [-0.2, -0.15) is 0 Å². The van der Waals surface area contributed by atoms with E-state index in [0.717, 1.165) is 53.6 Å². The maximum atomic E-state index is 14.5. The number of fused-ring (bicyclic) bond motifs is 1. The van der Waals surface area contributed by atoms with Gasteiger partial charge in [-0.25, -0.2) is 4.39 Å². The predicted octanol–water partition coefficient (Wildman–Crippen LogP) is 5.15. The Kier molecular flexibility index (Phi) is 8.30. The fourth-order valence-electron chi connectivity index (χ4n) is 4.47. The number of ether oxygens (including phenoxy) is 1. The highest BCUT2D eigenvalue weighted by molar-refractivity contribution is 5.98. The Hall–Kier alpha value is -3.65. The Morgan fingerprint density at radius 1 is 1.26 bits per heavy atom. The van der Waals surface area contributed by atoms with E-state index in [-0.39, 0.29) is 5.82 Å². The van der Waals surface area contributed by atoms with Crippen LogP contribution in [0.1, 0.15) is 42.3 Å². The third-order valence-electron chi connectivity index (χ3n) is 5.96. The van der Waals surface area contributed by atoms with Gasteiger partial charge in [-0.05, 0) is 37.1 Å². The van der Waals surface area contributed by atoms with E-state index < -0.39 is 11.0 Å². The maximum Gasteiger partial charge on any atom is 0.197 e. The number of nitro groups is 1. The summed E-state index contributed by atoms with van der Waals surface area (Å²) < 4.78 is 22.3. The molecule has 7 nitrogen and oxygen atoms in total. The van der Waals surface area contributed by atoms with E-state index in [4.69, 9.17) is 14.9 Å². The minimum Gasteiger partial charge on any atom is -0.482 e. The molecule has 1 atom stereocenters. The number of likely N-dealkylation sites (N-methyl/N-ethyl adjacent to an activating group) is 1. The third kappa shape index (κ3) is 5.54. The summed E-state index contributed by atoms with van der Waals surface area (Å²) in [5.41, 5.74) is 5.40. The molecule has 0 amide bonds. The van der Waals surface area contributed by atoms with Crippen LogP contribution in [-0.4, -0.2) is 47.2 Å². The molecule has 0 bridgehead atoms. The van der Waals surface area contributed by atoms with Crippen molar-refractivity contribution in [3.63, 3.8) is 0 Å². The predicted molar refractivity (Wildman–Crippen MR) is 136 cm³/mol. The van der Waals surface area contributed by atoms with E-state index in [1.807, 2.05) is 22.6 Å². The van der Waals surface area contributed by atoms with Gasteiger partial charge in [0.2, 0.25) is 0 Å². The molecule has 0 saturated heterocycles. The molecule has 1 aliphatic heterocycles. The number of hydrogen-bond acceptors (Lipinski definition) is 5. The van der Waals surface area contributed by atoms with Crippen molar-refractivity contribution in [2.24, 2.45) is 0 Å². The van der Waals surface area contributed by atoms with E-state index in [1.54, 1.807) is 26.2 Å². The van der Waals surface area contributed by atoms with Gasteiger partial charge in [0, 0.05) is 46.1 Å². The van der Waals surface area contributed by atoms with Gasteiger partial charge in [0.1, 0.15) is 5.82 Å². The molecule has 2 heterocycles. The van der Waals surface area contributed by atoms with Crippen molar-refractivity contribution in [2.45, 2.75) is 32.9 Å². The molecule has 1 N–H and O–H groups in total. The SMILES string of the molecule is CCc1ccc2c(c1)c(C1=C(OC)N(C)CC=C1)c(C(C)O)n2Cc1ccccc1F.C[N+](=O)[O-]. The van der Waals surface area contributed by atoms with Gasteiger partial charge in [-0.1, -0.05) is 43.3 Å². The quantitative estimate of drug-likeness (QED) is 0.389. The first-order chi connectivity index (χ1) is 16.7. The van der Waals surface area contributed by atoms with Crippen LogP contribution in [0.4, 0.5) is 4.39 Å². The van der Waals surface area contributed by atoms with E-state index in [1.165, 1.54) is 11.6 Å². The van der Waals surface area contributed by atoms with Crippen molar-refractivity contribution < 1.29 is 19.2 Å². The van der Waals surface area contributed by atoms with Crippen molar-refractivity contribution in [2.75, 3.05) is 27.7 Å². The number of allylic oxidation sites excluding steroid dienone is 2. The minimum absolute atomic E-state index is 0.248. The number of methoxy groups -OCH3 is 1. The smallest absolute Gasteiger partial charge is 0.197 e. The summed E-state index contributed by atoms with van der Waals surface area (Å²) >= 11 is 0. The highest BCUT2D eigenvalue weighted by Crippen LogP contribution is 2.40. The summed E-state index contributed by atoms with van der Waals surface area (Å²) in [7, 11) is 4.55. The van der Waals surface area contributed by atoms with Gasteiger partial charge in [0.15, 0.2) is 12.9 Å². The minimum atomic E-state index is -0.745. The number of aromatic nitrogens is 1. The second-order valence-electron chi connectivity index (χ2n) is 8.46. The van der Waals surface area contributed by atoms with Crippen LogP contribution < -0.4 is 0 Å². The molecule has 0 radical (unpaired) electrons. The standard InChI is InChI=1S/C26H29FN2O2.CH3NO2/c1-5-18-12-13-23-21(15-18)24(20-10-8-14-28(3)26(20)31-4)25(17(2)30)29(23)16-19-9-6-7-11-22(19)27;1-2(3)4/h6-13,15,17,30H,5,14,16H2,1-4H3;1H3. The molecule has 35 heavy (non-hydrogen) atoms. The van der Waals surface area contributed by atoms with Crippen LogP contribution >= 0.6 is 0 Å². The van der Waals surface area contributed by atoms with Crippen LogP contribution in [0.25, 0.3) is 16.5 Å². The van der Waals surface area contributed by atoms with Gasteiger partial charge in [-0.3, -0.25) is 10.1 Å². The lowest BCUT2D eigenvalue weighted by Crippen LogP contribution is -2.23. The van der Waals surface area contributed by atoms with Crippen molar-refractivity contribution in [3.05, 3.63) is 98.8 Å². The van der Waals surface area contributed by atoms with E-state index in [0.29, 0.717) is 12.1 Å². The van der Waals surface area contributed by atoms with Crippen molar-refractivity contribution in [1.29, 1.82) is 0 Å². The summed E-state index contributed by atoms with van der Waals surface area (Å²) in [6, 6.07) is 13.2. The highest BCUT2D eigenvalue weighted by Gasteiger charge is 2.27. The van der Waals surface area contributed by atoms with Crippen LogP contribution in [0.15, 0.2) is 60.5 Å². The molecular weight excluding hydrogens is 449 g/mol. The lowest BCUT2D eigenvalue weighted by atomic mass is 9.97. The van der Waals surface area contributed by atoms with Gasteiger partial charge >= 0.3 is 0 Å². The van der Waals surface area contributed by atoms with Gasteiger partial charge in [0.25, 0.3) is 0 Å².